The zero-order chi connectivity index (χ0) is 11.7. The molecule has 1 N–H and O–H groups in total. The van der Waals surface area contributed by atoms with Crippen molar-refractivity contribution < 1.29 is 9.63 Å². The van der Waals surface area contributed by atoms with Crippen molar-refractivity contribution in [3.8, 4) is 11.5 Å². The number of aliphatic hydroxyl groups excluding tert-OH is 1. The second-order valence-electron chi connectivity index (χ2n) is 3.12. The van der Waals surface area contributed by atoms with E-state index in [1.807, 2.05) is 6.92 Å². The van der Waals surface area contributed by atoms with E-state index in [-0.39, 0.29) is 11.7 Å². The maximum absolute atomic E-state index is 9.52. The molecule has 2 aromatic heterocycles. The molecular weight excluding hydrogens is 271 g/mol. The normalized spacial score (nSPS) is 13.0. The minimum absolute atomic E-state index is 0.260. The lowest BCUT2D eigenvalue weighted by atomic mass is 10.3. The lowest BCUT2D eigenvalue weighted by Crippen LogP contribution is -1.97. The minimum atomic E-state index is -0.717. The van der Waals surface area contributed by atoms with Gasteiger partial charge in [-0.25, -0.2) is 0 Å². The Labute approximate surface area is 106 Å². The summed E-state index contributed by atoms with van der Waals surface area (Å²) in [5.74, 6) is 0.534. The molecule has 0 spiro atoms. The molecule has 0 aliphatic heterocycles. The van der Waals surface area contributed by atoms with Gasteiger partial charge in [-0.15, -0.1) is 11.3 Å². The largest absolute Gasteiger partial charge is 0.385 e. The van der Waals surface area contributed by atoms with Gasteiger partial charge in [0.2, 0.25) is 5.82 Å². The summed E-state index contributed by atoms with van der Waals surface area (Å²) in [6.07, 6.45) is -0.192. The first kappa shape index (κ1) is 11.9. The molecule has 2 rings (SSSR count). The fraction of sp³-hybridized carbons (Fsp3) is 0.333. The predicted molar refractivity (Wildman–Crippen MR) is 62.9 cm³/mol. The Morgan fingerprint density at radius 2 is 2.31 bits per heavy atom. The van der Waals surface area contributed by atoms with Crippen LogP contribution in [-0.4, -0.2) is 15.2 Å². The van der Waals surface area contributed by atoms with E-state index in [4.69, 9.17) is 27.7 Å². The maximum atomic E-state index is 9.52. The van der Waals surface area contributed by atoms with Crippen molar-refractivity contribution in [1.82, 2.24) is 10.1 Å². The zero-order valence-electron chi connectivity index (χ0n) is 8.28. The fourth-order valence-corrected chi connectivity index (χ4v) is 2.60. The van der Waals surface area contributed by atoms with Crippen molar-refractivity contribution in [2.45, 2.75) is 19.4 Å². The van der Waals surface area contributed by atoms with Crippen LogP contribution >= 0.6 is 34.5 Å². The molecule has 7 heteroatoms. The van der Waals surface area contributed by atoms with Crippen LogP contribution in [0.5, 0.6) is 0 Å². The molecule has 4 nitrogen and oxygen atoms in total. The Kier molecular flexibility index (Phi) is 3.49. The van der Waals surface area contributed by atoms with E-state index < -0.39 is 6.10 Å². The third-order valence-corrected chi connectivity index (χ3v) is 3.50. The van der Waals surface area contributed by atoms with Gasteiger partial charge in [-0.3, -0.25) is 0 Å². The van der Waals surface area contributed by atoms with E-state index in [2.05, 4.69) is 10.1 Å². The van der Waals surface area contributed by atoms with Gasteiger partial charge < -0.3 is 9.63 Å². The van der Waals surface area contributed by atoms with E-state index in [0.29, 0.717) is 20.7 Å². The summed E-state index contributed by atoms with van der Waals surface area (Å²) in [7, 11) is 0. The molecule has 0 aliphatic carbocycles. The summed E-state index contributed by atoms with van der Waals surface area (Å²) in [5, 5.41) is 13.2. The number of halogens is 2. The van der Waals surface area contributed by atoms with Gasteiger partial charge >= 0.3 is 0 Å². The van der Waals surface area contributed by atoms with Gasteiger partial charge in [0.15, 0.2) is 0 Å². The van der Waals surface area contributed by atoms with Crippen LogP contribution in [0.25, 0.3) is 11.5 Å². The standard InChI is InChI=1S/C9H8Cl2N2O2S/c1-2-5(14)8-12-9(15-13-8)4-3-6(10)16-7(4)11/h3,5,14H,2H2,1H3. The van der Waals surface area contributed by atoms with Gasteiger partial charge in [-0.2, -0.15) is 4.98 Å². The maximum Gasteiger partial charge on any atom is 0.260 e. The van der Waals surface area contributed by atoms with Crippen LogP contribution in [0, 0.1) is 0 Å². The van der Waals surface area contributed by atoms with Crippen molar-refractivity contribution in [3.05, 3.63) is 20.6 Å². The van der Waals surface area contributed by atoms with Crippen molar-refractivity contribution >= 4 is 34.5 Å². The Morgan fingerprint density at radius 1 is 1.56 bits per heavy atom. The monoisotopic (exact) mass is 278 g/mol. The number of hydrogen-bond acceptors (Lipinski definition) is 5. The van der Waals surface area contributed by atoms with Crippen LogP contribution in [0.1, 0.15) is 25.3 Å². The van der Waals surface area contributed by atoms with Gasteiger partial charge in [0.05, 0.1) is 9.90 Å². The lowest BCUT2D eigenvalue weighted by Gasteiger charge is -1.97. The van der Waals surface area contributed by atoms with Gasteiger partial charge in [0.25, 0.3) is 5.89 Å². The molecule has 1 atom stereocenters. The first-order valence-electron chi connectivity index (χ1n) is 4.58. The highest BCUT2D eigenvalue weighted by Gasteiger charge is 2.18. The number of rotatable bonds is 3. The molecule has 16 heavy (non-hydrogen) atoms. The summed E-state index contributed by atoms with van der Waals surface area (Å²) in [4.78, 5) is 4.06. The van der Waals surface area contributed by atoms with Crippen molar-refractivity contribution in [1.29, 1.82) is 0 Å². The summed E-state index contributed by atoms with van der Waals surface area (Å²) in [5.41, 5.74) is 0.596. The van der Waals surface area contributed by atoms with Crippen LogP contribution < -0.4 is 0 Å². The average Bonchev–Trinajstić information content (AvgIpc) is 2.83. The van der Waals surface area contributed by atoms with Crippen LogP contribution in [0.4, 0.5) is 0 Å². The first-order valence-corrected chi connectivity index (χ1v) is 6.16. The second kappa shape index (κ2) is 4.71. The molecule has 0 aliphatic rings. The quantitative estimate of drug-likeness (QED) is 0.933. The number of aliphatic hydroxyl groups is 1. The highest BCUT2D eigenvalue weighted by molar-refractivity contribution is 7.20. The summed E-state index contributed by atoms with van der Waals surface area (Å²) < 4.78 is 6.05. The van der Waals surface area contributed by atoms with Crippen molar-refractivity contribution in [2.75, 3.05) is 0 Å². The number of thiophene rings is 1. The highest BCUT2D eigenvalue weighted by Crippen LogP contribution is 2.37. The van der Waals surface area contributed by atoms with E-state index in [9.17, 15) is 5.11 Å². The Bertz CT molecular complexity index is 497. The molecule has 1 unspecified atom stereocenters. The molecule has 0 amide bonds. The molecule has 2 aromatic rings. The zero-order valence-corrected chi connectivity index (χ0v) is 10.6. The molecule has 0 radical (unpaired) electrons. The minimum Gasteiger partial charge on any atom is -0.385 e. The third-order valence-electron chi connectivity index (χ3n) is 2.01. The van der Waals surface area contributed by atoms with E-state index in [1.165, 1.54) is 11.3 Å². The topological polar surface area (TPSA) is 59.2 Å². The Balaban J connectivity index is 2.35. The number of aromatic nitrogens is 2. The fourth-order valence-electron chi connectivity index (χ4n) is 1.15. The summed E-state index contributed by atoms with van der Waals surface area (Å²) in [6, 6.07) is 1.66. The highest BCUT2D eigenvalue weighted by atomic mass is 35.5. The smallest absolute Gasteiger partial charge is 0.260 e. The van der Waals surface area contributed by atoms with E-state index in [0.717, 1.165) is 0 Å². The van der Waals surface area contributed by atoms with Crippen molar-refractivity contribution in [3.63, 3.8) is 0 Å². The van der Waals surface area contributed by atoms with Gasteiger partial charge in [-0.05, 0) is 12.5 Å². The van der Waals surface area contributed by atoms with E-state index >= 15 is 0 Å². The molecule has 86 valence electrons. The van der Waals surface area contributed by atoms with Gasteiger partial charge in [-0.1, -0.05) is 35.3 Å². The third kappa shape index (κ3) is 2.22. The summed E-state index contributed by atoms with van der Waals surface area (Å²) >= 11 is 13.0. The average molecular weight is 279 g/mol. The van der Waals surface area contributed by atoms with Crippen LogP contribution in [-0.2, 0) is 0 Å². The molecule has 0 fully saturated rings. The van der Waals surface area contributed by atoms with Gasteiger partial charge in [0, 0.05) is 0 Å². The summed E-state index contributed by atoms with van der Waals surface area (Å²) in [6.45, 7) is 1.83. The molecule has 0 saturated heterocycles. The molecule has 0 saturated carbocycles. The van der Waals surface area contributed by atoms with E-state index in [1.54, 1.807) is 6.07 Å². The lowest BCUT2D eigenvalue weighted by molar-refractivity contribution is 0.159. The van der Waals surface area contributed by atoms with Crippen LogP contribution in [0.2, 0.25) is 8.67 Å². The predicted octanol–water partition coefficient (Wildman–Crippen LogP) is 3.55. The molecule has 2 heterocycles. The number of hydrogen-bond donors (Lipinski definition) is 1. The van der Waals surface area contributed by atoms with Crippen LogP contribution in [0.3, 0.4) is 0 Å². The SMILES string of the molecule is CCC(O)c1noc(-c2cc(Cl)sc2Cl)n1. The Morgan fingerprint density at radius 3 is 2.88 bits per heavy atom. The first-order chi connectivity index (χ1) is 7.61. The molecular formula is C9H8Cl2N2O2S. The molecule has 0 aromatic carbocycles. The van der Waals surface area contributed by atoms with Crippen LogP contribution in [0.15, 0.2) is 10.6 Å². The van der Waals surface area contributed by atoms with Gasteiger partial charge in [0.1, 0.15) is 10.4 Å². The Hall–Kier alpha value is -0.620. The van der Waals surface area contributed by atoms with Crippen molar-refractivity contribution in [2.24, 2.45) is 0 Å². The second-order valence-corrected chi connectivity index (χ2v) is 5.41. The molecule has 0 bridgehead atoms. The number of nitrogens with zero attached hydrogens (tertiary/aromatic N) is 2.